The van der Waals surface area contributed by atoms with Crippen molar-refractivity contribution in [2.75, 3.05) is 23.3 Å². The van der Waals surface area contributed by atoms with Crippen LogP contribution in [0.1, 0.15) is 39.8 Å². The fourth-order valence-corrected chi connectivity index (χ4v) is 2.74. The maximum absolute atomic E-state index is 4.66. The Kier molecular flexibility index (Phi) is 3.06. The van der Waals surface area contributed by atoms with Gasteiger partial charge in [0, 0.05) is 20.1 Å². The Morgan fingerprint density at radius 1 is 1.35 bits per heavy atom. The van der Waals surface area contributed by atoms with E-state index in [4.69, 9.17) is 0 Å². The monoisotopic (exact) mass is 236 g/mol. The molecule has 0 aromatic carbocycles. The van der Waals surface area contributed by atoms with Gasteiger partial charge in [0.1, 0.15) is 5.69 Å². The summed E-state index contributed by atoms with van der Waals surface area (Å²) in [6, 6.07) is 0. The van der Waals surface area contributed by atoms with Crippen molar-refractivity contribution in [2.24, 2.45) is 7.05 Å². The van der Waals surface area contributed by atoms with E-state index < -0.39 is 0 Å². The molecule has 0 aliphatic carbocycles. The SMILES string of the molecule is CCCc1nn(C)c2c1NCC(C)(C)N2CC. The zero-order valence-electron chi connectivity index (χ0n) is 11.7. The summed E-state index contributed by atoms with van der Waals surface area (Å²) in [6.45, 7) is 11.0. The number of hydrogen-bond donors (Lipinski definition) is 1. The Hall–Kier alpha value is -1.19. The summed E-state index contributed by atoms with van der Waals surface area (Å²) in [4.78, 5) is 2.45. The van der Waals surface area contributed by atoms with Crippen LogP contribution in [-0.2, 0) is 13.5 Å². The predicted octanol–water partition coefficient (Wildman–Crippen LogP) is 2.40. The summed E-state index contributed by atoms with van der Waals surface area (Å²) >= 11 is 0. The third-order valence-corrected chi connectivity index (χ3v) is 3.58. The molecule has 1 aliphatic rings. The number of aryl methyl sites for hydroxylation is 2. The number of fused-ring (bicyclic) bond motifs is 1. The second-order valence-electron chi connectivity index (χ2n) is 5.43. The summed E-state index contributed by atoms with van der Waals surface area (Å²) in [5.41, 5.74) is 2.61. The van der Waals surface area contributed by atoms with Crippen molar-refractivity contribution in [3.8, 4) is 0 Å². The molecule has 0 bridgehead atoms. The minimum Gasteiger partial charge on any atom is -0.378 e. The molecule has 0 unspecified atom stereocenters. The van der Waals surface area contributed by atoms with Gasteiger partial charge in [-0.25, -0.2) is 0 Å². The van der Waals surface area contributed by atoms with Gasteiger partial charge in [0.05, 0.1) is 11.2 Å². The van der Waals surface area contributed by atoms with Crippen molar-refractivity contribution in [1.29, 1.82) is 0 Å². The molecule has 0 radical (unpaired) electrons. The number of nitrogens with zero attached hydrogens (tertiary/aromatic N) is 3. The van der Waals surface area contributed by atoms with E-state index in [0.717, 1.165) is 25.9 Å². The molecule has 17 heavy (non-hydrogen) atoms. The predicted molar refractivity (Wildman–Crippen MR) is 72.8 cm³/mol. The molecule has 1 aliphatic heterocycles. The summed E-state index contributed by atoms with van der Waals surface area (Å²) in [7, 11) is 2.05. The van der Waals surface area contributed by atoms with Gasteiger partial charge in [-0.1, -0.05) is 13.3 Å². The largest absolute Gasteiger partial charge is 0.378 e. The van der Waals surface area contributed by atoms with Crippen LogP contribution in [0.25, 0.3) is 0 Å². The second-order valence-corrected chi connectivity index (χ2v) is 5.43. The lowest BCUT2D eigenvalue weighted by molar-refractivity contribution is 0.468. The maximum atomic E-state index is 4.66. The average molecular weight is 236 g/mol. The molecule has 96 valence electrons. The smallest absolute Gasteiger partial charge is 0.151 e. The van der Waals surface area contributed by atoms with Crippen LogP contribution in [0.4, 0.5) is 11.5 Å². The highest BCUT2D eigenvalue weighted by Crippen LogP contribution is 2.38. The van der Waals surface area contributed by atoms with Crippen LogP contribution in [-0.4, -0.2) is 28.4 Å². The molecule has 0 saturated carbocycles. The zero-order chi connectivity index (χ0) is 12.6. The summed E-state index contributed by atoms with van der Waals surface area (Å²) < 4.78 is 2.03. The Morgan fingerprint density at radius 2 is 2.06 bits per heavy atom. The minimum atomic E-state index is 0.152. The fraction of sp³-hybridized carbons (Fsp3) is 0.769. The van der Waals surface area contributed by atoms with Crippen LogP contribution < -0.4 is 10.2 Å². The van der Waals surface area contributed by atoms with Crippen molar-refractivity contribution < 1.29 is 0 Å². The van der Waals surface area contributed by atoms with Crippen molar-refractivity contribution in [1.82, 2.24) is 9.78 Å². The molecule has 0 saturated heterocycles. The van der Waals surface area contributed by atoms with Gasteiger partial charge in [-0.05, 0) is 27.2 Å². The van der Waals surface area contributed by atoms with Crippen LogP contribution >= 0.6 is 0 Å². The summed E-state index contributed by atoms with van der Waals surface area (Å²) in [5.74, 6) is 1.24. The van der Waals surface area contributed by atoms with Gasteiger partial charge in [-0.15, -0.1) is 0 Å². The van der Waals surface area contributed by atoms with E-state index >= 15 is 0 Å². The molecule has 0 spiro atoms. The molecule has 2 rings (SSSR count). The van der Waals surface area contributed by atoms with E-state index in [1.807, 2.05) is 11.7 Å². The highest BCUT2D eigenvalue weighted by molar-refractivity contribution is 5.73. The van der Waals surface area contributed by atoms with Crippen molar-refractivity contribution >= 4 is 11.5 Å². The second kappa shape index (κ2) is 4.24. The van der Waals surface area contributed by atoms with Crippen LogP contribution in [0.5, 0.6) is 0 Å². The van der Waals surface area contributed by atoms with E-state index in [-0.39, 0.29) is 5.54 Å². The molecule has 1 aromatic rings. The number of rotatable bonds is 3. The number of aromatic nitrogens is 2. The van der Waals surface area contributed by atoms with Crippen LogP contribution in [0.2, 0.25) is 0 Å². The molecule has 0 atom stereocenters. The van der Waals surface area contributed by atoms with E-state index in [1.54, 1.807) is 0 Å². The first kappa shape index (κ1) is 12.3. The molecule has 1 N–H and O–H groups in total. The molecule has 0 fully saturated rings. The first-order valence-corrected chi connectivity index (χ1v) is 6.58. The van der Waals surface area contributed by atoms with E-state index in [1.165, 1.54) is 17.2 Å². The minimum absolute atomic E-state index is 0.152. The number of nitrogens with one attached hydrogen (secondary N) is 1. The molecule has 4 nitrogen and oxygen atoms in total. The van der Waals surface area contributed by atoms with E-state index in [9.17, 15) is 0 Å². The van der Waals surface area contributed by atoms with E-state index in [0.29, 0.717) is 0 Å². The highest BCUT2D eigenvalue weighted by Gasteiger charge is 2.35. The summed E-state index contributed by atoms with van der Waals surface area (Å²) in [5, 5.41) is 8.22. The lowest BCUT2D eigenvalue weighted by Gasteiger charge is -2.43. The maximum Gasteiger partial charge on any atom is 0.151 e. The zero-order valence-corrected chi connectivity index (χ0v) is 11.7. The summed E-state index contributed by atoms with van der Waals surface area (Å²) in [6.07, 6.45) is 2.19. The number of hydrogen-bond acceptors (Lipinski definition) is 3. The van der Waals surface area contributed by atoms with Crippen molar-refractivity contribution in [2.45, 2.75) is 46.1 Å². The molecule has 0 amide bonds. The normalized spacial score (nSPS) is 17.8. The highest BCUT2D eigenvalue weighted by atomic mass is 15.4. The molecule has 4 heteroatoms. The fourth-order valence-electron chi connectivity index (χ4n) is 2.74. The Morgan fingerprint density at radius 3 is 2.65 bits per heavy atom. The van der Waals surface area contributed by atoms with Gasteiger partial charge in [0.15, 0.2) is 5.82 Å². The van der Waals surface area contributed by atoms with Gasteiger partial charge < -0.3 is 10.2 Å². The average Bonchev–Trinajstić information content (AvgIpc) is 2.55. The van der Waals surface area contributed by atoms with Gasteiger partial charge in [0.25, 0.3) is 0 Å². The lowest BCUT2D eigenvalue weighted by Crippen LogP contribution is -2.52. The number of anilines is 2. The van der Waals surface area contributed by atoms with Gasteiger partial charge in [-0.3, -0.25) is 4.68 Å². The lowest BCUT2D eigenvalue weighted by atomic mass is 9.99. The first-order valence-electron chi connectivity index (χ1n) is 6.58. The molecule has 1 aromatic heterocycles. The van der Waals surface area contributed by atoms with Crippen molar-refractivity contribution in [3.05, 3.63) is 5.69 Å². The first-order chi connectivity index (χ1) is 8.01. The third-order valence-electron chi connectivity index (χ3n) is 3.58. The quantitative estimate of drug-likeness (QED) is 0.875. The topological polar surface area (TPSA) is 33.1 Å². The Labute approximate surface area is 104 Å². The van der Waals surface area contributed by atoms with Crippen LogP contribution in [0, 0.1) is 0 Å². The van der Waals surface area contributed by atoms with Crippen LogP contribution in [0.3, 0.4) is 0 Å². The molecule has 2 heterocycles. The Balaban J connectivity index is 2.47. The van der Waals surface area contributed by atoms with Crippen LogP contribution in [0.15, 0.2) is 0 Å². The molecular weight excluding hydrogens is 212 g/mol. The van der Waals surface area contributed by atoms with Gasteiger partial charge in [-0.2, -0.15) is 5.10 Å². The van der Waals surface area contributed by atoms with Gasteiger partial charge >= 0.3 is 0 Å². The third kappa shape index (κ3) is 1.90. The van der Waals surface area contributed by atoms with Gasteiger partial charge in [0.2, 0.25) is 0 Å². The Bertz CT molecular complexity index is 406. The molecular formula is C13H24N4. The van der Waals surface area contributed by atoms with Crippen molar-refractivity contribution in [3.63, 3.8) is 0 Å². The standard InChI is InChI=1S/C13H24N4/c1-6-8-10-11-12(16(5)15-10)17(7-2)13(3,4)9-14-11/h14H,6-9H2,1-5H3. The van der Waals surface area contributed by atoms with E-state index in [2.05, 4.69) is 43.0 Å². The number of likely N-dealkylation sites (N-methyl/N-ethyl adjacent to an activating group) is 1.